The molecule has 1 unspecified atom stereocenters. The standard InChI is InChI=1S/C14H20F3NO/c1-11-6-5-7-12(10-11)13(14(15,16)17)18-8-3-2-4-9-19/h5-7,10,13,18-19H,2-4,8-9H2,1H3. The van der Waals surface area contributed by atoms with E-state index in [2.05, 4.69) is 5.32 Å². The lowest BCUT2D eigenvalue weighted by Crippen LogP contribution is -2.34. The predicted octanol–water partition coefficient (Wildman–Crippen LogP) is 3.35. The lowest BCUT2D eigenvalue weighted by atomic mass is 10.0. The number of rotatable bonds is 7. The number of aliphatic hydroxyl groups excluding tert-OH is 1. The molecule has 0 fully saturated rings. The molecule has 0 aliphatic carbocycles. The van der Waals surface area contributed by atoms with Crippen LogP contribution in [0.4, 0.5) is 13.2 Å². The lowest BCUT2D eigenvalue weighted by molar-refractivity contribution is -0.157. The molecule has 0 bridgehead atoms. The zero-order valence-electron chi connectivity index (χ0n) is 11.0. The molecule has 2 nitrogen and oxygen atoms in total. The molecule has 0 aromatic heterocycles. The van der Waals surface area contributed by atoms with Gasteiger partial charge in [-0.05, 0) is 38.3 Å². The Kier molecular flexibility index (Phi) is 6.31. The van der Waals surface area contributed by atoms with Gasteiger partial charge in [0.15, 0.2) is 0 Å². The number of alkyl halides is 3. The summed E-state index contributed by atoms with van der Waals surface area (Å²) >= 11 is 0. The van der Waals surface area contributed by atoms with E-state index >= 15 is 0 Å². The first kappa shape index (κ1) is 16.0. The summed E-state index contributed by atoms with van der Waals surface area (Å²) in [4.78, 5) is 0. The van der Waals surface area contributed by atoms with E-state index in [9.17, 15) is 13.2 Å². The van der Waals surface area contributed by atoms with Crippen molar-refractivity contribution in [3.63, 3.8) is 0 Å². The van der Waals surface area contributed by atoms with Gasteiger partial charge in [0, 0.05) is 6.61 Å². The summed E-state index contributed by atoms with van der Waals surface area (Å²) in [5.41, 5.74) is 1.06. The third-order valence-corrected chi connectivity index (χ3v) is 2.89. The summed E-state index contributed by atoms with van der Waals surface area (Å²) in [5, 5.41) is 11.2. The Balaban J connectivity index is 2.63. The third-order valence-electron chi connectivity index (χ3n) is 2.89. The van der Waals surface area contributed by atoms with Gasteiger partial charge in [0.1, 0.15) is 6.04 Å². The highest BCUT2D eigenvalue weighted by Gasteiger charge is 2.40. The van der Waals surface area contributed by atoms with Gasteiger partial charge in [-0.1, -0.05) is 29.8 Å². The summed E-state index contributed by atoms with van der Waals surface area (Å²) in [6.07, 6.45) is -2.32. The lowest BCUT2D eigenvalue weighted by Gasteiger charge is -2.22. The van der Waals surface area contributed by atoms with E-state index in [0.717, 1.165) is 12.0 Å². The summed E-state index contributed by atoms with van der Waals surface area (Å²) in [6.45, 7) is 2.15. The highest BCUT2D eigenvalue weighted by atomic mass is 19.4. The Morgan fingerprint density at radius 1 is 1.21 bits per heavy atom. The van der Waals surface area contributed by atoms with Crippen LogP contribution in [0.2, 0.25) is 0 Å². The molecule has 1 aromatic carbocycles. The van der Waals surface area contributed by atoms with Gasteiger partial charge in [-0.3, -0.25) is 0 Å². The van der Waals surface area contributed by atoms with Gasteiger partial charge in [-0.2, -0.15) is 13.2 Å². The average Bonchev–Trinajstić information content (AvgIpc) is 2.32. The van der Waals surface area contributed by atoms with E-state index < -0.39 is 12.2 Å². The van der Waals surface area contributed by atoms with E-state index in [1.807, 2.05) is 0 Å². The molecule has 1 aromatic rings. The molecule has 0 heterocycles. The number of hydrogen-bond acceptors (Lipinski definition) is 2. The minimum Gasteiger partial charge on any atom is -0.396 e. The Morgan fingerprint density at radius 3 is 2.53 bits per heavy atom. The first-order valence-corrected chi connectivity index (χ1v) is 6.42. The van der Waals surface area contributed by atoms with E-state index in [1.54, 1.807) is 25.1 Å². The van der Waals surface area contributed by atoms with Crippen LogP contribution in [0.1, 0.15) is 36.4 Å². The van der Waals surface area contributed by atoms with Gasteiger partial charge in [-0.25, -0.2) is 0 Å². The second-order valence-corrected chi connectivity index (χ2v) is 4.63. The fraction of sp³-hybridized carbons (Fsp3) is 0.571. The van der Waals surface area contributed by atoms with Gasteiger partial charge in [0.05, 0.1) is 0 Å². The van der Waals surface area contributed by atoms with E-state index in [-0.39, 0.29) is 18.7 Å². The van der Waals surface area contributed by atoms with Crippen molar-refractivity contribution < 1.29 is 18.3 Å². The quantitative estimate of drug-likeness (QED) is 0.748. The smallest absolute Gasteiger partial charge is 0.396 e. The summed E-state index contributed by atoms with van der Waals surface area (Å²) in [5.74, 6) is 0. The summed E-state index contributed by atoms with van der Waals surface area (Å²) < 4.78 is 39.0. The van der Waals surface area contributed by atoms with Crippen molar-refractivity contribution in [3.05, 3.63) is 35.4 Å². The third kappa shape index (κ3) is 5.61. The molecule has 0 saturated carbocycles. The SMILES string of the molecule is Cc1cccc(C(NCCCCCO)C(F)(F)F)c1. The molecule has 2 N–H and O–H groups in total. The molecular formula is C14H20F3NO. The van der Waals surface area contributed by atoms with Crippen molar-refractivity contribution in [2.75, 3.05) is 13.2 Å². The van der Waals surface area contributed by atoms with Gasteiger partial charge in [-0.15, -0.1) is 0 Å². The van der Waals surface area contributed by atoms with E-state index in [1.165, 1.54) is 6.07 Å². The van der Waals surface area contributed by atoms with Crippen molar-refractivity contribution >= 4 is 0 Å². The van der Waals surface area contributed by atoms with Crippen LogP contribution in [0, 0.1) is 6.92 Å². The number of benzene rings is 1. The molecule has 1 atom stereocenters. The number of halogens is 3. The first-order valence-electron chi connectivity index (χ1n) is 6.42. The van der Waals surface area contributed by atoms with Crippen molar-refractivity contribution in [1.29, 1.82) is 0 Å². The first-order chi connectivity index (χ1) is 8.95. The van der Waals surface area contributed by atoms with Crippen molar-refractivity contribution in [3.8, 4) is 0 Å². The molecule has 19 heavy (non-hydrogen) atoms. The van der Waals surface area contributed by atoms with Gasteiger partial charge in [0.2, 0.25) is 0 Å². The van der Waals surface area contributed by atoms with Gasteiger partial charge in [0.25, 0.3) is 0 Å². The molecule has 0 amide bonds. The molecular weight excluding hydrogens is 255 g/mol. The Hall–Kier alpha value is -1.07. The highest BCUT2D eigenvalue weighted by Crippen LogP contribution is 2.32. The molecule has 5 heteroatoms. The van der Waals surface area contributed by atoms with E-state index in [0.29, 0.717) is 12.8 Å². The zero-order chi connectivity index (χ0) is 14.3. The fourth-order valence-electron chi connectivity index (χ4n) is 1.93. The van der Waals surface area contributed by atoms with E-state index in [4.69, 9.17) is 5.11 Å². The van der Waals surface area contributed by atoms with Gasteiger partial charge >= 0.3 is 6.18 Å². The van der Waals surface area contributed by atoms with Gasteiger partial charge < -0.3 is 10.4 Å². The maximum Gasteiger partial charge on any atom is 0.407 e. The highest BCUT2D eigenvalue weighted by molar-refractivity contribution is 5.26. The average molecular weight is 275 g/mol. The maximum absolute atomic E-state index is 13.0. The minimum atomic E-state index is -4.30. The molecule has 0 radical (unpaired) electrons. The number of nitrogens with one attached hydrogen (secondary N) is 1. The Bertz CT molecular complexity index is 379. The Morgan fingerprint density at radius 2 is 1.95 bits per heavy atom. The second-order valence-electron chi connectivity index (χ2n) is 4.63. The summed E-state index contributed by atoms with van der Waals surface area (Å²) in [7, 11) is 0. The minimum absolute atomic E-state index is 0.0839. The van der Waals surface area contributed by atoms with Crippen LogP contribution >= 0.6 is 0 Å². The van der Waals surface area contributed by atoms with Crippen molar-refractivity contribution in [2.24, 2.45) is 0 Å². The number of aryl methyl sites for hydroxylation is 1. The number of unbranched alkanes of at least 4 members (excludes halogenated alkanes) is 2. The monoisotopic (exact) mass is 275 g/mol. The molecule has 0 saturated heterocycles. The van der Waals surface area contributed by atoms with Crippen LogP contribution < -0.4 is 5.32 Å². The normalized spacial score (nSPS) is 13.5. The summed E-state index contributed by atoms with van der Waals surface area (Å²) in [6, 6.07) is 4.83. The van der Waals surface area contributed by atoms with Crippen LogP contribution in [-0.2, 0) is 0 Å². The fourth-order valence-corrected chi connectivity index (χ4v) is 1.93. The molecule has 0 aliphatic rings. The van der Waals surface area contributed by atoms with Crippen LogP contribution in [-0.4, -0.2) is 24.4 Å². The van der Waals surface area contributed by atoms with Crippen LogP contribution in [0.25, 0.3) is 0 Å². The maximum atomic E-state index is 13.0. The number of hydrogen-bond donors (Lipinski definition) is 2. The van der Waals surface area contributed by atoms with Crippen molar-refractivity contribution in [1.82, 2.24) is 5.32 Å². The zero-order valence-corrected chi connectivity index (χ0v) is 11.0. The number of aliphatic hydroxyl groups is 1. The second kappa shape index (κ2) is 7.50. The molecule has 0 aliphatic heterocycles. The molecule has 0 spiro atoms. The van der Waals surface area contributed by atoms with Crippen LogP contribution in [0.15, 0.2) is 24.3 Å². The molecule has 1 rings (SSSR count). The topological polar surface area (TPSA) is 32.3 Å². The molecule has 108 valence electrons. The predicted molar refractivity (Wildman–Crippen MR) is 68.9 cm³/mol. The van der Waals surface area contributed by atoms with Crippen LogP contribution in [0.5, 0.6) is 0 Å². The Labute approximate surface area is 111 Å². The van der Waals surface area contributed by atoms with Crippen LogP contribution in [0.3, 0.4) is 0 Å². The largest absolute Gasteiger partial charge is 0.407 e. The van der Waals surface area contributed by atoms with Crippen molar-refractivity contribution in [2.45, 2.75) is 38.4 Å².